The van der Waals surface area contributed by atoms with Crippen molar-refractivity contribution in [2.75, 3.05) is 18.5 Å². The summed E-state index contributed by atoms with van der Waals surface area (Å²) in [5, 5.41) is 13.7. The largest absolute Gasteiger partial charge is 0.376 e. The van der Waals surface area contributed by atoms with Gasteiger partial charge in [-0.2, -0.15) is 0 Å². The van der Waals surface area contributed by atoms with Gasteiger partial charge in [0.1, 0.15) is 0 Å². The number of ether oxygens (including phenoxy) is 1. The molecule has 2 heterocycles. The van der Waals surface area contributed by atoms with Crippen molar-refractivity contribution in [2.24, 2.45) is 0 Å². The smallest absolute Gasteiger partial charge is 0.320 e. The van der Waals surface area contributed by atoms with Crippen molar-refractivity contribution < 1.29 is 9.53 Å². The maximum atomic E-state index is 12.3. The van der Waals surface area contributed by atoms with Gasteiger partial charge in [0.25, 0.3) is 0 Å². The van der Waals surface area contributed by atoms with Crippen LogP contribution >= 0.6 is 0 Å². The molecule has 28 heavy (non-hydrogen) atoms. The van der Waals surface area contributed by atoms with Gasteiger partial charge in [0.15, 0.2) is 5.82 Å². The van der Waals surface area contributed by atoms with E-state index in [2.05, 4.69) is 66.0 Å². The fourth-order valence-electron chi connectivity index (χ4n) is 4.14. The maximum Gasteiger partial charge on any atom is 0.320 e. The Kier molecular flexibility index (Phi) is 6.34. The van der Waals surface area contributed by atoms with Crippen molar-refractivity contribution in [3.05, 3.63) is 42.1 Å². The van der Waals surface area contributed by atoms with Crippen LogP contribution in [0.1, 0.15) is 52.0 Å². The first-order chi connectivity index (χ1) is 13.4. The molecule has 0 spiro atoms. The summed E-state index contributed by atoms with van der Waals surface area (Å²) in [6, 6.07) is 10.3. The molecular formula is C21H31N5O2. The number of nitrogens with zero attached hydrogens (tertiary/aromatic N) is 3. The van der Waals surface area contributed by atoms with Crippen LogP contribution in [0.2, 0.25) is 0 Å². The maximum absolute atomic E-state index is 12.3. The first-order valence-corrected chi connectivity index (χ1v) is 10.1. The molecule has 0 radical (unpaired) electrons. The second-order valence-electron chi connectivity index (χ2n) is 8.18. The summed E-state index contributed by atoms with van der Waals surface area (Å²) < 4.78 is 7.68. The summed E-state index contributed by atoms with van der Waals surface area (Å²) in [7, 11) is 0. The molecule has 2 amide bonds. The molecule has 0 saturated carbocycles. The number of benzene rings is 1. The zero-order valence-electron chi connectivity index (χ0n) is 17.1. The number of carbonyl (C=O) groups is 1. The number of rotatable bonds is 7. The molecule has 152 valence electrons. The second kappa shape index (κ2) is 8.73. The molecule has 7 nitrogen and oxygen atoms in total. The number of amides is 2. The summed E-state index contributed by atoms with van der Waals surface area (Å²) in [5.74, 6) is 0.468. The standard InChI is InChI=1S/C21H31N5O2/c1-4-13-26-15-18(24-25-26)23-19(27)22-12-10-21(17-8-6-5-7-9-17)11-14-28-20(2,3)16-21/h5-9,15H,4,10-14,16H2,1-3H3,(H2,22,23,27)/t21-/m1/s1. The molecule has 0 aliphatic carbocycles. The van der Waals surface area contributed by atoms with E-state index >= 15 is 0 Å². The van der Waals surface area contributed by atoms with E-state index in [-0.39, 0.29) is 17.0 Å². The Labute approximate surface area is 166 Å². The van der Waals surface area contributed by atoms with Crippen LogP contribution in [0, 0.1) is 0 Å². The van der Waals surface area contributed by atoms with E-state index < -0.39 is 0 Å². The molecule has 1 aliphatic rings. The van der Waals surface area contributed by atoms with E-state index in [9.17, 15) is 4.79 Å². The lowest BCUT2D eigenvalue weighted by atomic mass is 9.67. The van der Waals surface area contributed by atoms with Gasteiger partial charge >= 0.3 is 6.03 Å². The highest BCUT2D eigenvalue weighted by atomic mass is 16.5. The number of hydrogen-bond donors (Lipinski definition) is 2. The monoisotopic (exact) mass is 385 g/mol. The molecule has 1 aromatic carbocycles. The Morgan fingerprint density at radius 1 is 1.29 bits per heavy atom. The van der Waals surface area contributed by atoms with Crippen molar-refractivity contribution in [2.45, 2.75) is 64.0 Å². The lowest BCUT2D eigenvalue weighted by molar-refractivity contribution is -0.0838. The lowest BCUT2D eigenvalue weighted by Gasteiger charge is -2.45. The van der Waals surface area contributed by atoms with Crippen LogP contribution in [0.15, 0.2) is 36.5 Å². The SMILES string of the molecule is CCCn1cc(NC(=O)NCC[C@@]2(c3ccccc3)CCOC(C)(C)C2)nn1. The van der Waals surface area contributed by atoms with E-state index in [0.29, 0.717) is 12.4 Å². The molecule has 1 fully saturated rings. The van der Waals surface area contributed by atoms with E-state index in [0.717, 1.165) is 38.8 Å². The van der Waals surface area contributed by atoms with Crippen molar-refractivity contribution in [1.29, 1.82) is 0 Å². The summed E-state index contributed by atoms with van der Waals surface area (Å²) in [5.41, 5.74) is 1.14. The minimum absolute atomic E-state index is 0.000545. The van der Waals surface area contributed by atoms with E-state index in [1.54, 1.807) is 10.9 Å². The molecule has 0 bridgehead atoms. The Balaban J connectivity index is 1.60. The third kappa shape index (κ3) is 5.10. The second-order valence-corrected chi connectivity index (χ2v) is 8.18. The highest BCUT2D eigenvalue weighted by Crippen LogP contribution is 2.43. The zero-order chi connectivity index (χ0) is 20.0. The third-order valence-electron chi connectivity index (χ3n) is 5.35. The Bertz CT molecular complexity index is 774. The quantitative estimate of drug-likeness (QED) is 0.761. The predicted molar refractivity (Wildman–Crippen MR) is 109 cm³/mol. The van der Waals surface area contributed by atoms with E-state index in [4.69, 9.17) is 4.74 Å². The molecule has 3 rings (SSSR count). The van der Waals surface area contributed by atoms with Gasteiger partial charge < -0.3 is 10.1 Å². The van der Waals surface area contributed by atoms with Crippen LogP contribution in [-0.2, 0) is 16.7 Å². The molecule has 1 atom stereocenters. The molecule has 7 heteroatoms. The van der Waals surface area contributed by atoms with Crippen LogP contribution in [0.3, 0.4) is 0 Å². The molecule has 1 aliphatic heterocycles. The first kappa shape index (κ1) is 20.3. The van der Waals surface area contributed by atoms with Crippen molar-refractivity contribution in [3.63, 3.8) is 0 Å². The average molecular weight is 386 g/mol. The number of urea groups is 1. The number of hydrogen-bond acceptors (Lipinski definition) is 4. The fraction of sp³-hybridized carbons (Fsp3) is 0.571. The molecule has 2 N–H and O–H groups in total. The topological polar surface area (TPSA) is 81.1 Å². The summed E-state index contributed by atoms with van der Waals surface area (Å²) in [4.78, 5) is 12.3. The molecule has 0 unspecified atom stereocenters. The molecular weight excluding hydrogens is 354 g/mol. The highest BCUT2D eigenvalue weighted by Gasteiger charge is 2.41. The summed E-state index contributed by atoms with van der Waals surface area (Å²) in [6.45, 7) is 8.46. The average Bonchev–Trinajstić information content (AvgIpc) is 3.09. The van der Waals surface area contributed by atoms with E-state index in [1.165, 1.54) is 5.56 Å². The molecule has 1 aromatic heterocycles. The predicted octanol–water partition coefficient (Wildman–Crippen LogP) is 3.73. The number of nitrogens with one attached hydrogen (secondary N) is 2. The number of aryl methyl sites for hydroxylation is 1. The van der Waals surface area contributed by atoms with Gasteiger partial charge in [-0.3, -0.25) is 10.00 Å². The van der Waals surface area contributed by atoms with Crippen molar-refractivity contribution >= 4 is 11.8 Å². The van der Waals surface area contributed by atoms with Gasteiger partial charge in [0, 0.05) is 25.1 Å². The van der Waals surface area contributed by atoms with Gasteiger partial charge in [0.2, 0.25) is 0 Å². The van der Waals surface area contributed by atoms with Crippen LogP contribution in [-0.4, -0.2) is 39.8 Å². The molecule has 2 aromatic rings. The number of anilines is 1. The van der Waals surface area contributed by atoms with Gasteiger partial charge in [-0.25, -0.2) is 4.79 Å². The van der Waals surface area contributed by atoms with Crippen molar-refractivity contribution in [3.8, 4) is 0 Å². The molecule has 1 saturated heterocycles. The van der Waals surface area contributed by atoms with Crippen LogP contribution in [0.5, 0.6) is 0 Å². The normalized spacial score (nSPS) is 21.2. The van der Waals surface area contributed by atoms with Gasteiger partial charge in [-0.15, -0.1) is 5.10 Å². The van der Waals surface area contributed by atoms with Crippen molar-refractivity contribution in [1.82, 2.24) is 20.3 Å². The third-order valence-corrected chi connectivity index (χ3v) is 5.35. The highest BCUT2D eigenvalue weighted by molar-refractivity contribution is 5.87. The number of aromatic nitrogens is 3. The summed E-state index contributed by atoms with van der Waals surface area (Å²) in [6.07, 6.45) is 5.46. The van der Waals surface area contributed by atoms with Gasteiger partial charge in [-0.05, 0) is 45.1 Å². The minimum Gasteiger partial charge on any atom is -0.376 e. The zero-order valence-corrected chi connectivity index (χ0v) is 17.1. The van der Waals surface area contributed by atoms with Crippen LogP contribution in [0.4, 0.5) is 10.6 Å². The van der Waals surface area contributed by atoms with Crippen LogP contribution < -0.4 is 10.6 Å². The number of carbonyl (C=O) groups excluding carboxylic acids is 1. The lowest BCUT2D eigenvalue weighted by Crippen LogP contribution is -2.46. The Morgan fingerprint density at radius 3 is 2.79 bits per heavy atom. The fourth-order valence-corrected chi connectivity index (χ4v) is 4.14. The van der Waals surface area contributed by atoms with Gasteiger partial charge in [-0.1, -0.05) is 42.5 Å². The van der Waals surface area contributed by atoms with E-state index in [1.807, 2.05) is 6.07 Å². The minimum atomic E-state index is -0.252. The van der Waals surface area contributed by atoms with Gasteiger partial charge in [0.05, 0.1) is 11.8 Å². The van der Waals surface area contributed by atoms with Crippen LogP contribution in [0.25, 0.3) is 0 Å². The first-order valence-electron chi connectivity index (χ1n) is 10.1. The summed E-state index contributed by atoms with van der Waals surface area (Å²) >= 11 is 0. The Hall–Kier alpha value is -2.41. The Morgan fingerprint density at radius 2 is 2.07 bits per heavy atom.